The van der Waals surface area contributed by atoms with E-state index in [2.05, 4.69) is 41.7 Å². The minimum absolute atomic E-state index is 0.322. The van der Waals surface area contributed by atoms with Crippen LogP contribution in [0.15, 0.2) is 96.1 Å². The van der Waals surface area contributed by atoms with Crippen molar-refractivity contribution in [3.63, 3.8) is 0 Å². The second kappa shape index (κ2) is 10.5. The third-order valence-corrected chi connectivity index (χ3v) is 5.22. The molecular formula is C28H26N2O3. The molecule has 1 atom stereocenters. The van der Waals surface area contributed by atoms with Crippen molar-refractivity contribution in [3.8, 4) is 11.5 Å². The first-order chi connectivity index (χ1) is 16.1. The highest BCUT2D eigenvalue weighted by Crippen LogP contribution is 2.26. The molecule has 0 saturated carbocycles. The van der Waals surface area contributed by atoms with Gasteiger partial charge in [0, 0.05) is 5.39 Å². The molecule has 0 aliphatic carbocycles. The van der Waals surface area contributed by atoms with Gasteiger partial charge in [-0.25, -0.2) is 5.43 Å². The van der Waals surface area contributed by atoms with E-state index in [4.69, 9.17) is 9.47 Å². The largest absolute Gasteiger partial charge is 0.489 e. The monoisotopic (exact) mass is 438 g/mol. The molecule has 0 saturated heterocycles. The minimum atomic E-state index is -0.689. The van der Waals surface area contributed by atoms with Crippen LogP contribution >= 0.6 is 0 Å². The van der Waals surface area contributed by atoms with Gasteiger partial charge in [0.1, 0.15) is 18.1 Å². The Kier molecular flexibility index (Phi) is 7.00. The highest BCUT2D eigenvalue weighted by molar-refractivity contribution is 5.89. The molecule has 1 unspecified atom stereocenters. The third kappa shape index (κ3) is 5.98. The number of carbonyl (C=O) groups excluding carboxylic acids is 1. The highest BCUT2D eigenvalue weighted by atomic mass is 16.5. The normalized spacial score (nSPS) is 11.9. The van der Waals surface area contributed by atoms with Crippen molar-refractivity contribution in [1.29, 1.82) is 0 Å². The quantitative estimate of drug-likeness (QED) is 0.286. The molecular weight excluding hydrogens is 412 g/mol. The van der Waals surface area contributed by atoms with Crippen LogP contribution in [0.3, 0.4) is 0 Å². The van der Waals surface area contributed by atoms with E-state index < -0.39 is 6.10 Å². The average Bonchev–Trinajstić information content (AvgIpc) is 2.84. The summed E-state index contributed by atoms with van der Waals surface area (Å²) >= 11 is 0. The lowest BCUT2D eigenvalue weighted by Gasteiger charge is -2.14. The first-order valence-corrected chi connectivity index (χ1v) is 10.8. The van der Waals surface area contributed by atoms with Gasteiger partial charge in [0.15, 0.2) is 6.10 Å². The number of aryl methyl sites for hydroxylation is 1. The fourth-order valence-corrected chi connectivity index (χ4v) is 3.30. The molecule has 4 rings (SSSR count). The van der Waals surface area contributed by atoms with Gasteiger partial charge in [0.25, 0.3) is 5.91 Å². The minimum Gasteiger partial charge on any atom is -0.489 e. The predicted molar refractivity (Wildman–Crippen MR) is 132 cm³/mol. The molecule has 0 aliphatic heterocycles. The Morgan fingerprint density at radius 1 is 0.939 bits per heavy atom. The Hall–Kier alpha value is -4.12. The van der Waals surface area contributed by atoms with E-state index in [0.717, 1.165) is 27.6 Å². The molecule has 5 nitrogen and oxygen atoms in total. The summed E-state index contributed by atoms with van der Waals surface area (Å²) in [4.78, 5) is 12.4. The molecule has 0 aliphatic rings. The van der Waals surface area contributed by atoms with Crippen molar-refractivity contribution in [1.82, 2.24) is 5.43 Å². The average molecular weight is 439 g/mol. The predicted octanol–water partition coefficient (Wildman–Crippen LogP) is 5.64. The molecule has 0 spiro atoms. The number of fused-ring (bicyclic) bond motifs is 1. The number of hydrogen-bond acceptors (Lipinski definition) is 4. The van der Waals surface area contributed by atoms with Crippen LogP contribution in [0.4, 0.5) is 0 Å². The maximum atomic E-state index is 12.4. The molecule has 0 aromatic heterocycles. The van der Waals surface area contributed by atoms with Crippen LogP contribution in [0, 0.1) is 6.92 Å². The Morgan fingerprint density at radius 3 is 2.45 bits per heavy atom. The SMILES string of the molecule is Cc1ccc(COc2ccc(/C=N/NC(=O)C(C)Oc3cccc4ccccc34)cc2)cc1. The lowest BCUT2D eigenvalue weighted by Crippen LogP contribution is -2.33. The fraction of sp³-hybridized carbons (Fsp3) is 0.143. The number of rotatable bonds is 8. The van der Waals surface area contributed by atoms with Crippen molar-refractivity contribution in [2.75, 3.05) is 0 Å². The van der Waals surface area contributed by atoms with Crippen LogP contribution < -0.4 is 14.9 Å². The van der Waals surface area contributed by atoms with Gasteiger partial charge in [-0.05, 0) is 60.7 Å². The summed E-state index contributed by atoms with van der Waals surface area (Å²) in [5, 5.41) is 6.08. The van der Waals surface area contributed by atoms with Crippen LogP contribution in [0.5, 0.6) is 11.5 Å². The van der Waals surface area contributed by atoms with E-state index in [1.165, 1.54) is 5.56 Å². The van der Waals surface area contributed by atoms with E-state index >= 15 is 0 Å². The standard InChI is InChI=1S/C28H26N2O3/c1-20-10-12-23(13-11-20)19-32-25-16-14-22(15-17-25)18-29-30-28(31)21(2)33-27-9-5-7-24-6-3-4-8-26(24)27/h3-18,21H,19H2,1-2H3,(H,30,31)/b29-18+. The van der Waals surface area contributed by atoms with Crippen molar-refractivity contribution >= 4 is 22.9 Å². The molecule has 1 N–H and O–H groups in total. The first-order valence-electron chi connectivity index (χ1n) is 10.8. The van der Waals surface area contributed by atoms with Crippen molar-refractivity contribution < 1.29 is 14.3 Å². The molecule has 4 aromatic rings. The van der Waals surface area contributed by atoms with E-state index in [9.17, 15) is 4.79 Å². The second-order valence-electron chi connectivity index (χ2n) is 7.81. The zero-order valence-corrected chi connectivity index (χ0v) is 18.7. The van der Waals surface area contributed by atoms with Gasteiger partial charge < -0.3 is 9.47 Å². The van der Waals surface area contributed by atoms with Gasteiger partial charge in [-0.15, -0.1) is 0 Å². The van der Waals surface area contributed by atoms with Crippen LogP contribution in [0.1, 0.15) is 23.6 Å². The van der Waals surface area contributed by atoms with Crippen LogP contribution in [0.2, 0.25) is 0 Å². The summed E-state index contributed by atoms with van der Waals surface area (Å²) in [5.41, 5.74) is 5.73. The van der Waals surface area contributed by atoms with Gasteiger partial charge in [-0.1, -0.05) is 66.2 Å². The maximum Gasteiger partial charge on any atom is 0.280 e. The van der Waals surface area contributed by atoms with Gasteiger partial charge in [-0.2, -0.15) is 5.10 Å². The second-order valence-corrected chi connectivity index (χ2v) is 7.81. The zero-order chi connectivity index (χ0) is 23.0. The molecule has 4 aromatic carbocycles. The number of amides is 1. The van der Waals surface area contributed by atoms with Gasteiger partial charge in [0.05, 0.1) is 6.21 Å². The fourth-order valence-electron chi connectivity index (χ4n) is 3.30. The highest BCUT2D eigenvalue weighted by Gasteiger charge is 2.15. The van der Waals surface area contributed by atoms with E-state index in [0.29, 0.717) is 12.4 Å². The summed E-state index contributed by atoms with van der Waals surface area (Å²) < 4.78 is 11.7. The summed E-state index contributed by atoms with van der Waals surface area (Å²) in [6.07, 6.45) is 0.900. The van der Waals surface area contributed by atoms with Crippen molar-refractivity contribution in [2.45, 2.75) is 26.6 Å². The number of ether oxygens (including phenoxy) is 2. The smallest absolute Gasteiger partial charge is 0.280 e. The summed E-state index contributed by atoms with van der Waals surface area (Å²) in [5.74, 6) is 1.12. The molecule has 0 radical (unpaired) electrons. The van der Waals surface area contributed by atoms with Crippen molar-refractivity contribution in [3.05, 3.63) is 108 Å². The number of nitrogens with one attached hydrogen (secondary N) is 1. The van der Waals surface area contributed by atoms with Gasteiger partial charge in [0.2, 0.25) is 0 Å². The van der Waals surface area contributed by atoms with Crippen LogP contribution in [0.25, 0.3) is 10.8 Å². The van der Waals surface area contributed by atoms with Gasteiger partial charge in [-0.3, -0.25) is 4.79 Å². The number of hydrogen-bond donors (Lipinski definition) is 1. The number of nitrogens with zero attached hydrogens (tertiary/aromatic N) is 1. The number of hydrazone groups is 1. The lowest BCUT2D eigenvalue weighted by molar-refractivity contribution is -0.127. The van der Waals surface area contributed by atoms with E-state index in [1.54, 1.807) is 13.1 Å². The Morgan fingerprint density at radius 2 is 1.67 bits per heavy atom. The zero-order valence-electron chi connectivity index (χ0n) is 18.7. The first kappa shape index (κ1) is 22.1. The molecule has 5 heteroatoms. The van der Waals surface area contributed by atoms with Crippen LogP contribution in [-0.4, -0.2) is 18.2 Å². The summed E-state index contributed by atoms with van der Waals surface area (Å²) in [7, 11) is 0. The third-order valence-electron chi connectivity index (χ3n) is 5.22. The molecule has 166 valence electrons. The molecule has 0 bridgehead atoms. The molecule has 33 heavy (non-hydrogen) atoms. The molecule has 0 fully saturated rings. The van der Waals surface area contributed by atoms with Gasteiger partial charge >= 0.3 is 0 Å². The summed E-state index contributed by atoms with van der Waals surface area (Å²) in [6, 6.07) is 29.5. The molecule has 1 amide bonds. The van der Waals surface area contributed by atoms with Crippen molar-refractivity contribution in [2.24, 2.45) is 5.10 Å². The number of carbonyl (C=O) groups is 1. The summed E-state index contributed by atoms with van der Waals surface area (Å²) in [6.45, 7) is 4.28. The molecule has 0 heterocycles. The van der Waals surface area contributed by atoms with Crippen LogP contribution in [-0.2, 0) is 11.4 Å². The van der Waals surface area contributed by atoms with E-state index in [1.807, 2.05) is 66.7 Å². The Bertz CT molecular complexity index is 1240. The van der Waals surface area contributed by atoms with E-state index in [-0.39, 0.29) is 5.91 Å². The number of benzene rings is 4. The Labute approximate surface area is 193 Å². The Balaban J connectivity index is 1.28. The maximum absolute atomic E-state index is 12.4. The lowest BCUT2D eigenvalue weighted by atomic mass is 10.1. The topological polar surface area (TPSA) is 59.9 Å².